The Morgan fingerprint density at radius 1 is 1.15 bits per heavy atom. The number of thiazole rings is 1. The second kappa shape index (κ2) is 5.40. The number of aliphatic hydroxyl groups is 1. The zero-order valence-electron chi connectivity index (χ0n) is 10.6. The van der Waals surface area contributed by atoms with E-state index in [4.69, 9.17) is 17.0 Å². The van der Waals surface area contributed by atoms with Gasteiger partial charge in [-0.2, -0.15) is 0 Å². The van der Waals surface area contributed by atoms with Gasteiger partial charge in [0, 0.05) is 5.02 Å². The fourth-order valence-electron chi connectivity index (χ4n) is 2.18. The van der Waals surface area contributed by atoms with Gasteiger partial charge in [-0.25, -0.2) is 0 Å². The largest absolute Gasteiger partial charge is 0.387 e. The molecule has 0 aliphatic carbocycles. The normalized spacial score (nSPS) is 12.7. The summed E-state index contributed by atoms with van der Waals surface area (Å²) in [5.41, 5.74) is 1.78. The molecule has 0 aliphatic heterocycles. The molecular formula is C15H13ClN2OS. The van der Waals surface area contributed by atoms with Crippen molar-refractivity contribution in [2.75, 3.05) is 0 Å². The van der Waals surface area contributed by atoms with Crippen LogP contribution in [0.5, 0.6) is 0 Å². The topological polar surface area (TPSA) is 49.0 Å². The minimum Gasteiger partial charge on any atom is -0.387 e. The van der Waals surface area contributed by atoms with Crippen molar-refractivity contribution in [2.45, 2.75) is 12.6 Å². The lowest BCUT2D eigenvalue weighted by Crippen LogP contribution is -2.18. The van der Waals surface area contributed by atoms with Crippen LogP contribution in [-0.2, 0) is 6.54 Å². The van der Waals surface area contributed by atoms with Crippen LogP contribution in [0.1, 0.15) is 11.7 Å². The number of benzene rings is 2. The van der Waals surface area contributed by atoms with Gasteiger partial charge in [0.05, 0.1) is 22.9 Å². The summed E-state index contributed by atoms with van der Waals surface area (Å²) in [6.07, 6.45) is -0.653. The minimum absolute atomic E-state index is 0.366. The van der Waals surface area contributed by atoms with Gasteiger partial charge < -0.3 is 9.67 Å². The zero-order chi connectivity index (χ0) is 14.1. The van der Waals surface area contributed by atoms with Gasteiger partial charge in [0.2, 0.25) is 0 Å². The number of aromatic nitrogens is 1. The van der Waals surface area contributed by atoms with Crippen molar-refractivity contribution in [2.24, 2.45) is 0 Å². The highest BCUT2D eigenvalue weighted by atomic mass is 35.5. The van der Waals surface area contributed by atoms with Gasteiger partial charge in [-0.15, -0.1) is 0 Å². The van der Waals surface area contributed by atoms with Crippen molar-refractivity contribution < 1.29 is 5.11 Å². The molecule has 20 heavy (non-hydrogen) atoms. The summed E-state index contributed by atoms with van der Waals surface area (Å²) in [6.45, 7) is 0.366. The zero-order valence-corrected chi connectivity index (χ0v) is 12.2. The smallest absolute Gasteiger partial charge is 0.183 e. The molecule has 2 N–H and O–H groups in total. The SMILES string of the molecule is N=c1sc2ccccc2n1CC(O)c1ccc(Cl)cc1. The van der Waals surface area contributed by atoms with E-state index in [1.165, 1.54) is 11.3 Å². The van der Waals surface area contributed by atoms with Gasteiger partial charge in [0.25, 0.3) is 0 Å². The van der Waals surface area contributed by atoms with Crippen molar-refractivity contribution in [1.29, 1.82) is 5.41 Å². The predicted molar refractivity (Wildman–Crippen MR) is 82.1 cm³/mol. The van der Waals surface area contributed by atoms with Gasteiger partial charge >= 0.3 is 0 Å². The molecule has 0 fully saturated rings. The summed E-state index contributed by atoms with van der Waals surface area (Å²) in [6, 6.07) is 15.0. The molecule has 0 bridgehead atoms. The Kier molecular flexibility index (Phi) is 3.61. The summed E-state index contributed by atoms with van der Waals surface area (Å²) < 4.78 is 2.89. The van der Waals surface area contributed by atoms with Crippen molar-refractivity contribution in [3.05, 3.63) is 63.9 Å². The van der Waals surface area contributed by atoms with Crippen LogP contribution in [0.4, 0.5) is 0 Å². The molecule has 2 aromatic carbocycles. The van der Waals surface area contributed by atoms with E-state index in [-0.39, 0.29) is 0 Å². The van der Waals surface area contributed by atoms with E-state index < -0.39 is 6.10 Å². The standard InChI is InChI=1S/C15H13ClN2OS/c16-11-7-5-10(6-8-11)13(19)9-18-12-3-1-2-4-14(12)20-15(18)17/h1-8,13,17,19H,9H2. The number of nitrogens with one attached hydrogen (secondary N) is 1. The Morgan fingerprint density at radius 2 is 1.85 bits per heavy atom. The minimum atomic E-state index is -0.653. The summed E-state index contributed by atoms with van der Waals surface area (Å²) in [5.74, 6) is 0. The highest BCUT2D eigenvalue weighted by molar-refractivity contribution is 7.16. The van der Waals surface area contributed by atoms with Crippen LogP contribution in [0.3, 0.4) is 0 Å². The highest BCUT2D eigenvalue weighted by Gasteiger charge is 2.12. The third kappa shape index (κ3) is 2.50. The van der Waals surface area contributed by atoms with Crippen molar-refractivity contribution in [3.8, 4) is 0 Å². The number of halogens is 1. The van der Waals surface area contributed by atoms with Gasteiger partial charge in [-0.3, -0.25) is 5.41 Å². The molecule has 1 heterocycles. The van der Waals surface area contributed by atoms with Crippen molar-refractivity contribution in [3.63, 3.8) is 0 Å². The number of aliphatic hydroxyl groups excluding tert-OH is 1. The van der Waals surface area contributed by atoms with E-state index in [0.29, 0.717) is 16.4 Å². The van der Waals surface area contributed by atoms with Gasteiger partial charge in [0.1, 0.15) is 0 Å². The number of hydrogen-bond acceptors (Lipinski definition) is 3. The molecule has 3 nitrogen and oxygen atoms in total. The number of nitrogens with zero attached hydrogens (tertiary/aromatic N) is 1. The average molecular weight is 305 g/mol. The highest BCUT2D eigenvalue weighted by Crippen LogP contribution is 2.21. The van der Waals surface area contributed by atoms with E-state index in [1.807, 2.05) is 41.0 Å². The molecule has 0 amide bonds. The Balaban J connectivity index is 1.95. The number of para-hydroxylation sites is 1. The Bertz CT molecular complexity index is 791. The Hall–Kier alpha value is -1.62. The summed E-state index contributed by atoms with van der Waals surface area (Å²) >= 11 is 7.26. The second-order valence-electron chi connectivity index (χ2n) is 4.55. The third-order valence-electron chi connectivity index (χ3n) is 3.22. The molecular weight excluding hydrogens is 292 g/mol. The average Bonchev–Trinajstić information content (AvgIpc) is 2.76. The quantitative estimate of drug-likeness (QED) is 0.763. The first kappa shape index (κ1) is 13.4. The maximum Gasteiger partial charge on any atom is 0.183 e. The number of fused-ring (bicyclic) bond motifs is 1. The maximum atomic E-state index is 10.3. The molecule has 0 aliphatic rings. The molecule has 1 aromatic heterocycles. The maximum absolute atomic E-state index is 10.3. The van der Waals surface area contributed by atoms with Crippen LogP contribution in [0.2, 0.25) is 5.02 Å². The molecule has 0 saturated heterocycles. The predicted octanol–water partition coefficient (Wildman–Crippen LogP) is 3.57. The molecule has 102 valence electrons. The lowest BCUT2D eigenvalue weighted by molar-refractivity contribution is 0.157. The Morgan fingerprint density at radius 3 is 2.60 bits per heavy atom. The first-order chi connectivity index (χ1) is 9.65. The fraction of sp³-hybridized carbons (Fsp3) is 0.133. The van der Waals surface area contributed by atoms with Crippen LogP contribution in [0.15, 0.2) is 48.5 Å². The summed E-state index contributed by atoms with van der Waals surface area (Å²) in [7, 11) is 0. The Labute approximate surface area is 125 Å². The van der Waals surface area contributed by atoms with Crippen LogP contribution < -0.4 is 4.80 Å². The van der Waals surface area contributed by atoms with E-state index in [0.717, 1.165) is 15.8 Å². The van der Waals surface area contributed by atoms with Gasteiger partial charge in [0.15, 0.2) is 4.80 Å². The van der Waals surface area contributed by atoms with E-state index in [1.54, 1.807) is 12.1 Å². The van der Waals surface area contributed by atoms with E-state index in [9.17, 15) is 5.11 Å². The van der Waals surface area contributed by atoms with Crippen molar-refractivity contribution in [1.82, 2.24) is 4.57 Å². The second-order valence-corrected chi connectivity index (χ2v) is 6.02. The number of rotatable bonds is 3. The molecule has 3 rings (SSSR count). The first-order valence-corrected chi connectivity index (χ1v) is 7.41. The molecule has 0 saturated carbocycles. The van der Waals surface area contributed by atoms with Crippen LogP contribution in [0, 0.1) is 5.41 Å². The summed E-state index contributed by atoms with van der Waals surface area (Å²) in [5, 5.41) is 19.0. The molecule has 5 heteroatoms. The van der Waals surface area contributed by atoms with Crippen molar-refractivity contribution >= 4 is 33.2 Å². The van der Waals surface area contributed by atoms with E-state index >= 15 is 0 Å². The molecule has 3 aromatic rings. The molecule has 1 atom stereocenters. The first-order valence-electron chi connectivity index (χ1n) is 6.21. The van der Waals surface area contributed by atoms with Crippen LogP contribution in [0.25, 0.3) is 10.2 Å². The lowest BCUT2D eigenvalue weighted by atomic mass is 10.1. The monoisotopic (exact) mass is 304 g/mol. The molecule has 0 spiro atoms. The number of hydrogen-bond donors (Lipinski definition) is 2. The lowest BCUT2D eigenvalue weighted by Gasteiger charge is -2.12. The van der Waals surface area contributed by atoms with E-state index in [2.05, 4.69) is 0 Å². The van der Waals surface area contributed by atoms with Crippen LogP contribution in [-0.4, -0.2) is 9.67 Å². The molecule has 0 radical (unpaired) electrons. The summed E-state index contributed by atoms with van der Waals surface area (Å²) in [4.78, 5) is 0.444. The van der Waals surface area contributed by atoms with Crippen LogP contribution >= 0.6 is 22.9 Å². The van der Waals surface area contributed by atoms with Gasteiger partial charge in [-0.1, -0.05) is 47.2 Å². The molecule has 1 unspecified atom stereocenters. The fourth-order valence-corrected chi connectivity index (χ4v) is 3.23. The van der Waals surface area contributed by atoms with Gasteiger partial charge in [-0.05, 0) is 29.8 Å². The third-order valence-corrected chi connectivity index (χ3v) is 4.45.